The standard InChI is InChI=1S/C12H17ClN2O2S/c1-15(8-6-4-3-5-7-8)12-14-10(13)9(18-12)11(16)17-2/h8H,3-7H2,1-2H3. The van der Waals surface area contributed by atoms with Gasteiger partial charge in [-0.05, 0) is 12.8 Å². The number of carbonyl (C=O) groups excluding carboxylic acids is 1. The highest BCUT2D eigenvalue weighted by molar-refractivity contribution is 7.18. The summed E-state index contributed by atoms with van der Waals surface area (Å²) in [4.78, 5) is 18.3. The van der Waals surface area contributed by atoms with Crippen molar-refractivity contribution in [3.8, 4) is 0 Å². The van der Waals surface area contributed by atoms with Gasteiger partial charge < -0.3 is 9.64 Å². The first-order valence-electron chi connectivity index (χ1n) is 6.11. The van der Waals surface area contributed by atoms with Crippen LogP contribution in [0.25, 0.3) is 0 Å². The first-order chi connectivity index (χ1) is 8.63. The van der Waals surface area contributed by atoms with E-state index in [1.807, 2.05) is 7.05 Å². The molecule has 4 nitrogen and oxygen atoms in total. The highest BCUT2D eigenvalue weighted by atomic mass is 35.5. The second kappa shape index (κ2) is 5.89. The van der Waals surface area contributed by atoms with E-state index in [1.54, 1.807) is 0 Å². The molecular weight excluding hydrogens is 272 g/mol. The molecule has 1 aliphatic carbocycles. The number of hydrogen-bond acceptors (Lipinski definition) is 5. The molecule has 6 heteroatoms. The third kappa shape index (κ3) is 2.78. The minimum atomic E-state index is -0.416. The molecule has 1 heterocycles. The van der Waals surface area contributed by atoms with Crippen LogP contribution in [0, 0.1) is 0 Å². The Hall–Kier alpha value is -0.810. The summed E-state index contributed by atoms with van der Waals surface area (Å²) in [5.41, 5.74) is 0. The Bertz CT molecular complexity index is 430. The van der Waals surface area contributed by atoms with Crippen molar-refractivity contribution in [1.29, 1.82) is 0 Å². The van der Waals surface area contributed by atoms with Gasteiger partial charge in [0.2, 0.25) is 0 Å². The van der Waals surface area contributed by atoms with Crippen molar-refractivity contribution in [2.24, 2.45) is 0 Å². The molecule has 0 spiro atoms. The number of nitrogens with zero attached hydrogens (tertiary/aromatic N) is 2. The Morgan fingerprint density at radius 1 is 1.44 bits per heavy atom. The van der Waals surface area contributed by atoms with Gasteiger partial charge in [-0.3, -0.25) is 0 Å². The number of hydrogen-bond donors (Lipinski definition) is 0. The van der Waals surface area contributed by atoms with Crippen molar-refractivity contribution in [3.63, 3.8) is 0 Å². The van der Waals surface area contributed by atoms with Crippen molar-refractivity contribution in [1.82, 2.24) is 4.98 Å². The molecule has 0 radical (unpaired) electrons. The van der Waals surface area contributed by atoms with Crippen molar-refractivity contribution >= 4 is 34.0 Å². The van der Waals surface area contributed by atoms with E-state index in [4.69, 9.17) is 11.6 Å². The number of aromatic nitrogens is 1. The number of thiazole rings is 1. The molecule has 1 fully saturated rings. The van der Waals surface area contributed by atoms with Gasteiger partial charge in [0.1, 0.15) is 0 Å². The number of esters is 1. The highest BCUT2D eigenvalue weighted by Crippen LogP contribution is 2.33. The lowest BCUT2D eigenvalue weighted by molar-refractivity contribution is 0.0606. The van der Waals surface area contributed by atoms with E-state index in [2.05, 4.69) is 14.6 Å². The van der Waals surface area contributed by atoms with Crippen LogP contribution in [0.1, 0.15) is 41.8 Å². The predicted molar refractivity (Wildman–Crippen MR) is 73.7 cm³/mol. The number of anilines is 1. The van der Waals surface area contributed by atoms with Crippen LogP contribution in [0.2, 0.25) is 5.15 Å². The smallest absolute Gasteiger partial charge is 0.351 e. The molecule has 18 heavy (non-hydrogen) atoms. The summed E-state index contributed by atoms with van der Waals surface area (Å²) in [6.07, 6.45) is 6.20. The van der Waals surface area contributed by atoms with Gasteiger partial charge in [0.05, 0.1) is 7.11 Å². The Kier molecular flexibility index (Phi) is 4.45. The zero-order valence-corrected chi connectivity index (χ0v) is 12.2. The lowest BCUT2D eigenvalue weighted by atomic mass is 9.95. The van der Waals surface area contributed by atoms with E-state index >= 15 is 0 Å². The molecule has 0 unspecified atom stereocenters. The number of ether oxygens (including phenoxy) is 1. The molecule has 1 aromatic heterocycles. The van der Waals surface area contributed by atoms with Gasteiger partial charge in [0.15, 0.2) is 15.2 Å². The molecule has 1 aliphatic rings. The predicted octanol–water partition coefficient (Wildman–Crippen LogP) is 3.35. The van der Waals surface area contributed by atoms with E-state index in [9.17, 15) is 4.79 Å². The Morgan fingerprint density at radius 2 is 2.11 bits per heavy atom. The van der Waals surface area contributed by atoms with E-state index in [-0.39, 0.29) is 5.15 Å². The van der Waals surface area contributed by atoms with Crippen LogP contribution in [0.5, 0.6) is 0 Å². The summed E-state index contributed by atoms with van der Waals surface area (Å²) >= 11 is 7.28. The van der Waals surface area contributed by atoms with Gasteiger partial charge >= 0.3 is 5.97 Å². The van der Waals surface area contributed by atoms with Gasteiger partial charge in [-0.25, -0.2) is 9.78 Å². The Labute approximate surface area is 116 Å². The zero-order chi connectivity index (χ0) is 13.1. The summed E-state index contributed by atoms with van der Waals surface area (Å²) in [5.74, 6) is -0.416. The molecule has 0 atom stereocenters. The molecule has 0 N–H and O–H groups in total. The van der Waals surface area contributed by atoms with Gasteiger partial charge in [-0.15, -0.1) is 0 Å². The van der Waals surface area contributed by atoms with Crippen LogP contribution < -0.4 is 4.90 Å². The average molecular weight is 289 g/mol. The van der Waals surface area contributed by atoms with Gasteiger partial charge in [0, 0.05) is 13.1 Å². The fourth-order valence-electron chi connectivity index (χ4n) is 2.28. The maximum absolute atomic E-state index is 11.5. The molecule has 0 saturated heterocycles. The molecule has 0 bridgehead atoms. The maximum Gasteiger partial charge on any atom is 0.351 e. The van der Waals surface area contributed by atoms with Crippen LogP contribution in [0.4, 0.5) is 5.13 Å². The number of methoxy groups -OCH3 is 1. The first-order valence-corrected chi connectivity index (χ1v) is 7.30. The largest absolute Gasteiger partial charge is 0.465 e. The number of carbonyl (C=O) groups is 1. The molecule has 0 aliphatic heterocycles. The lowest BCUT2D eigenvalue weighted by Crippen LogP contribution is -2.33. The SMILES string of the molecule is COC(=O)c1sc(N(C)C2CCCCC2)nc1Cl. The van der Waals surface area contributed by atoms with E-state index in [0.29, 0.717) is 10.9 Å². The first kappa shape index (κ1) is 13.6. The van der Waals surface area contributed by atoms with E-state index in [1.165, 1.54) is 50.6 Å². The molecule has 100 valence electrons. The third-order valence-corrected chi connectivity index (χ3v) is 4.88. The molecule has 1 saturated carbocycles. The third-order valence-electron chi connectivity index (χ3n) is 3.37. The topological polar surface area (TPSA) is 42.4 Å². The van der Waals surface area contributed by atoms with Gasteiger partial charge in [0.25, 0.3) is 0 Å². The summed E-state index contributed by atoms with van der Waals surface area (Å²) in [6.45, 7) is 0. The fourth-order valence-corrected chi connectivity index (χ4v) is 3.52. The van der Waals surface area contributed by atoms with Crippen LogP contribution in [-0.4, -0.2) is 31.2 Å². The van der Waals surface area contributed by atoms with E-state index in [0.717, 1.165) is 5.13 Å². The minimum Gasteiger partial charge on any atom is -0.465 e. The normalized spacial score (nSPS) is 16.6. The molecule has 0 amide bonds. The highest BCUT2D eigenvalue weighted by Gasteiger charge is 2.24. The zero-order valence-electron chi connectivity index (χ0n) is 10.6. The minimum absolute atomic E-state index is 0.240. The van der Waals surface area contributed by atoms with Crippen LogP contribution in [0.3, 0.4) is 0 Å². The second-order valence-corrected chi connectivity index (χ2v) is 5.85. The molecular formula is C12H17ClN2O2S. The van der Waals surface area contributed by atoms with Gasteiger partial charge in [-0.2, -0.15) is 0 Å². The molecule has 1 aromatic rings. The molecule has 0 aromatic carbocycles. The summed E-state index contributed by atoms with van der Waals surface area (Å²) in [7, 11) is 3.37. The quantitative estimate of drug-likeness (QED) is 0.800. The monoisotopic (exact) mass is 288 g/mol. The second-order valence-electron chi connectivity index (χ2n) is 4.51. The summed E-state index contributed by atoms with van der Waals surface area (Å²) in [6, 6.07) is 0.506. The molecule has 2 rings (SSSR count). The van der Waals surface area contributed by atoms with Crippen molar-refractivity contribution in [2.75, 3.05) is 19.1 Å². The van der Waals surface area contributed by atoms with Crippen molar-refractivity contribution in [2.45, 2.75) is 38.1 Å². The number of halogens is 1. The Morgan fingerprint density at radius 3 is 2.72 bits per heavy atom. The van der Waals surface area contributed by atoms with Gasteiger partial charge in [-0.1, -0.05) is 42.2 Å². The summed E-state index contributed by atoms with van der Waals surface area (Å²) in [5, 5.41) is 1.04. The average Bonchev–Trinajstić information content (AvgIpc) is 2.80. The lowest BCUT2D eigenvalue weighted by Gasteiger charge is -2.30. The van der Waals surface area contributed by atoms with Crippen LogP contribution >= 0.6 is 22.9 Å². The summed E-state index contributed by atoms with van der Waals surface area (Å²) < 4.78 is 4.68. The van der Waals surface area contributed by atoms with E-state index < -0.39 is 5.97 Å². The number of rotatable bonds is 3. The Balaban J connectivity index is 2.15. The van der Waals surface area contributed by atoms with Crippen LogP contribution in [0.15, 0.2) is 0 Å². The fraction of sp³-hybridized carbons (Fsp3) is 0.667. The maximum atomic E-state index is 11.5. The van der Waals surface area contributed by atoms with Crippen molar-refractivity contribution in [3.05, 3.63) is 10.0 Å². The van der Waals surface area contributed by atoms with Crippen LogP contribution in [-0.2, 0) is 4.74 Å². The van der Waals surface area contributed by atoms with Crippen molar-refractivity contribution < 1.29 is 9.53 Å².